The fraction of sp³-hybridized carbons (Fsp3) is 0.875. The van der Waals surface area contributed by atoms with Crippen LogP contribution in [0.4, 0.5) is 0 Å². The Morgan fingerprint density at radius 2 is 2.00 bits per heavy atom. The van der Waals surface area contributed by atoms with Gasteiger partial charge in [-0.05, 0) is 51.1 Å². The monoisotopic (exact) mass is 308 g/mol. The lowest BCUT2D eigenvalue weighted by atomic mass is 9.92. The lowest BCUT2D eigenvalue weighted by Gasteiger charge is -2.33. The molecule has 0 bridgehead atoms. The van der Waals surface area contributed by atoms with E-state index in [2.05, 4.69) is 10.00 Å². The Labute approximate surface area is 132 Å². The maximum absolute atomic E-state index is 12.0. The van der Waals surface area contributed by atoms with Crippen LogP contribution in [0.25, 0.3) is 0 Å². The van der Waals surface area contributed by atoms with Crippen molar-refractivity contribution in [2.45, 2.75) is 39.2 Å². The summed E-state index contributed by atoms with van der Waals surface area (Å²) in [6.07, 6.45) is 4.57. The van der Waals surface area contributed by atoms with E-state index in [1.54, 1.807) is 7.05 Å². The molecule has 1 aromatic rings. The number of ether oxygens (including phenoxy) is 1. The maximum Gasteiger partial charge on any atom is 0.345 e. The van der Waals surface area contributed by atoms with Gasteiger partial charge in [-0.2, -0.15) is 5.10 Å². The molecule has 0 spiro atoms. The fourth-order valence-corrected chi connectivity index (χ4v) is 3.75. The summed E-state index contributed by atoms with van der Waals surface area (Å²) >= 11 is 0. The van der Waals surface area contributed by atoms with Gasteiger partial charge in [0.25, 0.3) is 0 Å². The van der Waals surface area contributed by atoms with Crippen molar-refractivity contribution in [1.29, 1.82) is 0 Å². The molecule has 2 fully saturated rings. The number of aryl methyl sites for hydroxylation is 1. The highest BCUT2D eigenvalue weighted by Gasteiger charge is 2.25. The number of aromatic nitrogens is 3. The predicted molar refractivity (Wildman–Crippen MR) is 84.9 cm³/mol. The molecule has 0 unspecified atom stereocenters. The second-order valence-electron chi connectivity index (χ2n) is 6.74. The van der Waals surface area contributed by atoms with Crippen molar-refractivity contribution in [2.24, 2.45) is 18.9 Å². The zero-order chi connectivity index (χ0) is 15.5. The van der Waals surface area contributed by atoms with Gasteiger partial charge >= 0.3 is 5.69 Å². The van der Waals surface area contributed by atoms with Gasteiger partial charge in [0.2, 0.25) is 0 Å². The first kappa shape index (κ1) is 15.7. The second-order valence-corrected chi connectivity index (χ2v) is 6.74. The molecular formula is C16H28N4O2. The van der Waals surface area contributed by atoms with E-state index in [4.69, 9.17) is 4.74 Å². The Bertz CT molecular complexity index is 537. The van der Waals surface area contributed by atoms with E-state index in [0.29, 0.717) is 12.5 Å². The molecule has 22 heavy (non-hydrogen) atoms. The minimum atomic E-state index is 0.0103. The van der Waals surface area contributed by atoms with Crippen molar-refractivity contribution >= 4 is 0 Å². The zero-order valence-electron chi connectivity index (χ0n) is 13.8. The van der Waals surface area contributed by atoms with Gasteiger partial charge in [0, 0.05) is 33.2 Å². The van der Waals surface area contributed by atoms with Crippen LogP contribution in [0.1, 0.15) is 32.0 Å². The van der Waals surface area contributed by atoms with Crippen molar-refractivity contribution in [1.82, 2.24) is 19.2 Å². The minimum absolute atomic E-state index is 0.0103. The van der Waals surface area contributed by atoms with Crippen LogP contribution in [0, 0.1) is 11.8 Å². The molecule has 6 heteroatoms. The Hall–Kier alpha value is -1.14. The normalized spacial score (nSPS) is 24.2. The molecule has 2 aliphatic heterocycles. The predicted octanol–water partition coefficient (Wildman–Crippen LogP) is 0.893. The SMILES string of the molecule is CCn1c(CC2CCN(C[C@H]3CCOC3)CC2)nn(C)c1=O. The number of hydrogen-bond donors (Lipinski definition) is 0. The van der Waals surface area contributed by atoms with Gasteiger partial charge in [0.05, 0.1) is 6.61 Å². The average molecular weight is 308 g/mol. The summed E-state index contributed by atoms with van der Waals surface area (Å²) in [6, 6.07) is 0. The van der Waals surface area contributed by atoms with Crippen LogP contribution in [-0.2, 0) is 24.8 Å². The van der Waals surface area contributed by atoms with E-state index in [1.165, 1.54) is 43.6 Å². The van der Waals surface area contributed by atoms with Gasteiger partial charge < -0.3 is 9.64 Å². The number of nitrogens with zero attached hydrogens (tertiary/aromatic N) is 4. The molecule has 0 radical (unpaired) electrons. The summed E-state index contributed by atoms with van der Waals surface area (Å²) < 4.78 is 8.74. The number of rotatable bonds is 5. The lowest BCUT2D eigenvalue weighted by Crippen LogP contribution is -2.38. The Kier molecular flexibility index (Phi) is 4.98. The minimum Gasteiger partial charge on any atom is -0.381 e. The molecule has 2 aliphatic rings. The third-order valence-electron chi connectivity index (χ3n) is 5.12. The topological polar surface area (TPSA) is 52.3 Å². The third kappa shape index (κ3) is 3.43. The molecule has 3 rings (SSSR count). The molecule has 2 saturated heterocycles. The Morgan fingerprint density at radius 3 is 2.64 bits per heavy atom. The van der Waals surface area contributed by atoms with Crippen molar-refractivity contribution in [3.63, 3.8) is 0 Å². The molecule has 124 valence electrons. The van der Waals surface area contributed by atoms with Crippen LogP contribution in [0.15, 0.2) is 4.79 Å². The summed E-state index contributed by atoms with van der Waals surface area (Å²) in [6.45, 7) is 8.14. The summed E-state index contributed by atoms with van der Waals surface area (Å²) in [5, 5.41) is 4.41. The lowest BCUT2D eigenvalue weighted by molar-refractivity contribution is 0.140. The largest absolute Gasteiger partial charge is 0.381 e. The first-order valence-electron chi connectivity index (χ1n) is 8.60. The van der Waals surface area contributed by atoms with E-state index in [1.807, 2.05) is 11.5 Å². The molecule has 0 amide bonds. The molecule has 0 aliphatic carbocycles. The van der Waals surface area contributed by atoms with Crippen molar-refractivity contribution in [2.75, 3.05) is 32.8 Å². The molecule has 1 atom stereocenters. The van der Waals surface area contributed by atoms with Crippen molar-refractivity contribution in [3.05, 3.63) is 16.3 Å². The van der Waals surface area contributed by atoms with Crippen LogP contribution in [0.3, 0.4) is 0 Å². The average Bonchev–Trinajstić information content (AvgIpc) is 3.11. The molecule has 0 aromatic carbocycles. The van der Waals surface area contributed by atoms with Crippen LogP contribution >= 0.6 is 0 Å². The summed E-state index contributed by atoms with van der Waals surface area (Å²) in [7, 11) is 1.74. The molecule has 0 saturated carbocycles. The van der Waals surface area contributed by atoms with Crippen LogP contribution < -0.4 is 5.69 Å². The Balaban J connectivity index is 1.51. The standard InChI is InChI=1S/C16H28N4O2/c1-3-20-15(17-18(2)16(20)21)10-13-4-7-19(8-5-13)11-14-6-9-22-12-14/h13-14H,3-12H2,1-2H3/t14-/m1/s1. The highest BCUT2D eigenvalue weighted by molar-refractivity contribution is 4.91. The molecule has 3 heterocycles. The second kappa shape index (κ2) is 6.96. The van der Waals surface area contributed by atoms with Gasteiger partial charge in [0.1, 0.15) is 5.82 Å². The third-order valence-corrected chi connectivity index (χ3v) is 5.12. The first-order chi connectivity index (χ1) is 10.7. The first-order valence-corrected chi connectivity index (χ1v) is 8.60. The summed E-state index contributed by atoms with van der Waals surface area (Å²) in [5.41, 5.74) is 0.0103. The van der Waals surface area contributed by atoms with Crippen LogP contribution in [0.2, 0.25) is 0 Å². The fourth-order valence-electron chi connectivity index (χ4n) is 3.75. The van der Waals surface area contributed by atoms with Gasteiger partial charge in [-0.3, -0.25) is 4.57 Å². The van der Waals surface area contributed by atoms with Crippen molar-refractivity contribution < 1.29 is 4.74 Å². The van der Waals surface area contributed by atoms with E-state index >= 15 is 0 Å². The molecule has 6 nitrogen and oxygen atoms in total. The van der Waals surface area contributed by atoms with E-state index in [-0.39, 0.29) is 5.69 Å². The number of hydrogen-bond acceptors (Lipinski definition) is 4. The van der Waals surface area contributed by atoms with Crippen molar-refractivity contribution in [3.8, 4) is 0 Å². The quantitative estimate of drug-likeness (QED) is 0.811. The van der Waals surface area contributed by atoms with Crippen LogP contribution in [-0.4, -0.2) is 52.1 Å². The van der Waals surface area contributed by atoms with Gasteiger partial charge in [0.15, 0.2) is 0 Å². The van der Waals surface area contributed by atoms with Gasteiger partial charge in [-0.25, -0.2) is 9.48 Å². The smallest absolute Gasteiger partial charge is 0.345 e. The van der Waals surface area contributed by atoms with E-state index in [0.717, 1.165) is 31.4 Å². The highest BCUT2D eigenvalue weighted by atomic mass is 16.5. The van der Waals surface area contributed by atoms with E-state index < -0.39 is 0 Å². The van der Waals surface area contributed by atoms with Gasteiger partial charge in [-0.15, -0.1) is 0 Å². The zero-order valence-corrected chi connectivity index (χ0v) is 13.8. The summed E-state index contributed by atoms with van der Waals surface area (Å²) in [4.78, 5) is 14.5. The maximum atomic E-state index is 12.0. The highest BCUT2D eigenvalue weighted by Crippen LogP contribution is 2.23. The van der Waals surface area contributed by atoms with E-state index in [9.17, 15) is 4.79 Å². The molecule has 1 aromatic heterocycles. The van der Waals surface area contributed by atoms with Crippen LogP contribution in [0.5, 0.6) is 0 Å². The number of piperidine rings is 1. The number of likely N-dealkylation sites (tertiary alicyclic amines) is 1. The van der Waals surface area contributed by atoms with Gasteiger partial charge in [-0.1, -0.05) is 0 Å². The molecule has 0 N–H and O–H groups in total. The Morgan fingerprint density at radius 1 is 1.23 bits per heavy atom. The summed E-state index contributed by atoms with van der Waals surface area (Å²) in [5.74, 6) is 2.35. The molecular weight excluding hydrogens is 280 g/mol.